The lowest BCUT2D eigenvalue weighted by Crippen LogP contribution is -2.31. The fourth-order valence-corrected chi connectivity index (χ4v) is 4.85. The molecule has 2 aliphatic carbocycles. The first-order chi connectivity index (χ1) is 10.3. The summed E-state index contributed by atoms with van der Waals surface area (Å²) in [5.41, 5.74) is 1.70. The minimum atomic E-state index is -0.696. The van der Waals surface area contributed by atoms with Gasteiger partial charge in [0.05, 0.1) is 5.60 Å². The summed E-state index contributed by atoms with van der Waals surface area (Å²) in [7, 11) is 0. The van der Waals surface area contributed by atoms with Gasteiger partial charge < -0.3 is 5.11 Å². The van der Waals surface area contributed by atoms with Crippen LogP contribution in [0, 0.1) is 11.8 Å². The topological polar surface area (TPSA) is 20.2 Å². The number of hydrogen-bond donors (Lipinski definition) is 1. The monoisotopic (exact) mass is 278 g/mol. The van der Waals surface area contributed by atoms with Crippen LogP contribution in [0.2, 0.25) is 0 Å². The molecule has 0 amide bonds. The molecule has 0 bridgehead atoms. The molecule has 1 N–H and O–H groups in total. The number of aliphatic hydroxyl groups is 1. The Morgan fingerprint density at radius 1 is 0.857 bits per heavy atom. The second-order valence-corrected chi connectivity index (χ2v) is 6.74. The quantitative estimate of drug-likeness (QED) is 0.859. The van der Waals surface area contributed by atoms with Crippen LogP contribution in [0.15, 0.2) is 60.7 Å². The fourth-order valence-electron chi connectivity index (χ4n) is 4.85. The molecule has 0 radical (unpaired) electrons. The molecule has 2 aliphatic rings. The van der Waals surface area contributed by atoms with Crippen molar-refractivity contribution in [3.63, 3.8) is 0 Å². The van der Waals surface area contributed by atoms with Gasteiger partial charge in [0.1, 0.15) is 0 Å². The third kappa shape index (κ3) is 2.03. The zero-order valence-corrected chi connectivity index (χ0v) is 12.3. The molecular formula is C20H22O. The molecule has 2 fully saturated rings. The molecule has 2 aromatic carbocycles. The van der Waals surface area contributed by atoms with Crippen molar-refractivity contribution in [2.75, 3.05) is 0 Å². The summed E-state index contributed by atoms with van der Waals surface area (Å²) in [6, 6.07) is 21.0. The molecular weight excluding hydrogens is 256 g/mol. The van der Waals surface area contributed by atoms with Gasteiger partial charge in [-0.2, -0.15) is 0 Å². The summed E-state index contributed by atoms with van der Waals surface area (Å²) in [4.78, 5) is 0. The van der Waals surface area contributed by atoms with E-state index in [1.54, 1.807) is 0 Å². The summed E-state index contributed by atoms with van der Waals surface area (Å²) in [6.07, 6.45) is 4.79. The van der Waals surface area contributed by atoms with E-state index in [1.165, 1.54) is 24.8 Å². The Morgan fingerprint density at radius 2 is 1.52 bits per heavy atom. The number of hydrogen-bond acceptors (Lipinski definition) is 1. The van der Waals surface area contributed by atoms with Crippen molar-refractivity contribution < 1.29 is 5.11 Å². The molecule has 0 heterocycles. The molecule has 0 spiro atoms. The molecule has 2 aromatic rings. The van der Waals surface area contributed by atoms with Gasteiger partial charge in [-0.3, -0.25) is 0 Å². The van der Waals surface area contributed by atoms with Crippen LogP contribution in [0.25, 0.3) is 0 Å². The highest BCUT2D eigenvalue weighted by molar-refractivity contribution is 5.35. The third-order valence-electron chi connectivity index (χ3n) is 5.67. The lowest BCUT2D eigenvalue weighted by Gasteiger charge is -2.33. The van der Waals surface area contributed by atoms with E-state index in [1.807, 2.05) is 18.2 Å². The molecule has 0 aliphatic heterocycles. The highest BCUT2D eigenvalue weighted by Gasteiger charge is 2.54. The molecule has 4 rings (SSSR count). The minimum absolute atomic E-state index is 0.244. The van der Waals surface area contributed by atoms with Crippen molar-refractivity contribution in [2.24, 2.45) is 11.8 Å². The highest BCUT2D eigenvalue weighted by Crippen LogP contribution is 2.60. The fraction of sp³-hybridized carbons (Fsp3) is 0.400. The van der Waals surface area contributed by atoms with Crippen LogP contribution in [0.3, 0.4) is 0 Å². The van der Waals surface area contributed by atoms with Crippen molar-refractivity contribution >= 4 is 0 Å². The molecule has 21 heavy (non-hydrogen) atoms. The maximum atomic E-state index is 11.6. The zero-order chi connectivity index (χ0) is 14.3. The standard InChI is InChI=1S/C20H22O/c21-20(17-11-5-2-6-12-17)14-16-10-7-13-18(16)19(20)15-8-3-1-4-9-15/h1-6,8-9,11-12,16,18-19,21H,7,10,13-14H2/t16-,18-,19+,20+/m0/s1. The van der Waals surface area contributed by atoms with Gasteiger partial charge in [-0.25, -0.2) is 0 Å². The average Bonchev–Trinajstić information content (AvgIpc) is 3.07. The van der Waals surface area contributed by atoms with Gasteiger partial charge in [-0.15, -0.1) is 0 Å². The van der Waals surface area contributed by atoms with Gasteiger partial charge in [0.2, 0.25) is 0 Å². The van der Waals surface area contributed by atoms with Gasteiger partial charge in [0.15, 0.2) is 0 Å². The maximum absolute atomic E-state index is 11.6. The Bertz CT molecular complexity index is 606. The summed E-state index contributed by atoms with van der Waals surface area (Å²) < 4.78 is 0. The number of benzene rings is 2. The molecule has 108 valence electrons. The van der Waals surface area contributed by atoms with Gasteiger partial charge >= 0.3 is 0 Å². The smallest absolute Gasteiger partial charge is 0.0970 e. The Labute approximate surface area is 126 Å². The summed E-state index contributed by atoms with van der Waals surface area (Å²) in [5, 5.41) is 11.6. The first-order valence-electron chi connectivity index (χ1n) is 8.12. The number of rotatable bonds is 2. The average molecular weight is 278 g/mol. The lowest BCUT2D eigenvalue weighted by molar-refractivity contribution is 0.0155. The summed E-state index contributed by atoms with van der Waals surface area (Å²) in [5.74, 6) is 1.56. The van der Waals surface area contributed by atoms with Crippen LogP contribution in [-0.2, 0) is 5.60 Å². The van der Waals surface area contributed by atoms with Crippen LogP contribution in [-0.4, -0.2) is 5.11 Å². The first kappa shape index (κ1) is 13.1. The van der Waals surface area contributed by atoms with Gasteiger partial charge in [-0.1, -0.05) is 73.5 Å². The van der Waals surface area contributed by atoms with Crippen molar-refractivity contribution in [1.29, 1.82) is 0 Å². The van der Waals surface area contributed by atoms with E-state index in [2.05, 4.69) is 42.5 Å². The van der Waals surface area contributed by atoms with Crippen LogP contribution >= 0.6 is 0 Å². The van der Waals surface area contributed by atoms with E-state index in [0.717, 1.165) is 12.0 Å². The maximum Gasteiger partial charge on any atom is 0.0970 e. The van der Waals surface area contributed by atoms with Crippen molar-refractivity contribution in [3.8, 4) is 0 Å². The number of fused-ring (bicyclic) bond motifs is 1. The zero-order valence-electron chi connectivity index (χ0n) is 12.3. The Balaban J connectivity index is 1.82. The molecule has 0 saturated heterocycles. The molecule has 0 aromatic heterocycles. The van der Waals surface area contributed by atoms with Crippen molar-refractivity contribution in [3.05, 3.63) is 71.8 Å². The molecule has 1 heteroatoms. The van der Waals surface area contributed by atoms with Crippen molar-refractivity contribution in [2.45, 2.75) is 37.2 Å². The Hall–Kier alpha value is -1.60. The second kappa shape index (κ2) is 4.99. The predicted octanol–water partition coefficient (Wildman–Crippen LogP) is 4.48. The normalized spacial score (nSPS) is 34.8. The van der Waals surface area contributed by atoms with Crippen LogP contribution < -0.4 is 0 Å². The summed E-state index contributed by atoms with van der Waals surface area (Å²) >= 11 is 0. The van der Waals surface area contributed by atoms with Crippen molar-refractivity contribution in [1.82, 2.24) is 0 Å². The van der Waals surface area contributed by atoms with E-state index < -0.39 is 5.60 Å². The van der Waals surface area contributed by atoms with E-state index in [4.69, 9.17) is 0 Å². The van der Waals surface area contributed by atoms with Gasteiger partial charge in [0.25, 0.3) is 0 Å². The lowest BCUT2D eigenvalue weighted by atomic mass is 9.76. The Kier molecular flexibility index (Phi) is 3.11. The summed E-state index contributed by atoms with van der Waals surface area (Å²) in [6.45, 7) is 0. The molecule has 4 atom stereocenters. The molecule has 1 nitrogen and oxygen atoms in total. The third-order valence-corrected chi connectivity index (χ3v) is 5.67. The highest BCUT2D eigenvalue weighted by atomic mass is 16.3. The van der Waals surface area contributed by atoms with E-state index in [0.29, 0.717) is 11.8 Å². The second-order valence-electron chi connectivity index (χ2n) is 6.74. The van der Waals surface area contributed by atoms with Crippen LogP contribution in [0.5, 0.6) is 0 Å². The molecule has 2 saturated carbocycles. The van der Waals surface area contributed by atoms with E-state index in [9.17, 15) is 5.11 Å². The van der Waals surface area contributed by atoms with Gasteiger partial charge in [0, 0.05) is 5.92 Å². The predicted molar refractivity (Wildman–Crippen MR) is 85.0 cm³/mol. The van der Waals surface area contributed by atoms with Crippen LogP contribution in [0.4, 0.5) is 0 Å². The van der Waals surface area contributed by atoms with E-state index >= 15 is 0 Å². The molecule has 0 unspecified atom stereocenters. The van der Waals surface area contributed by atoms with Gasteiger partial charge in [-0.05, 0) is 35.8 Å². The first-order valence-corrected chi connectivity index (χ1v) is 8.12. The largest absolute Gasteiger partial charge is 0.385 e. The Morgan fingerprint density at radius 3 is 2.24 bits per heavy atom. The SMILES string of the molecule is O[C@@]1(c2ccccc2)C[C@@H]2CCC[C@@H]2[C@H]1c1ccccc1. The van der Waals surface area contributed by atoms with E-state index in [-0.39, 0.29) is 5.92 Å². The van der Waals surface area contributed by atoms with Crippen LogP contribution in [0.1, 0.15) is 42.7 Å². The minimum Gasteiger partial charge on any atom is -0.385 e.